The van der Waals surface area contributed by atoms with Gasteiger partial charge in [-0.15, -0.1) is 10.1 Å². The maximum Gasteiger partial charge on any atom is 0.416 e. The summed E-state index contributed by atoms with van der Waals surface area (Å²) in [6.07, 6.45) is -2.88. The van der Waals surface area contributed by atoms with Crippen molar-refractivity contribution >= 4 is 37.5 Å². The Morgan fingerprint density at radius 3 is 2.53 bits per heavy atom. The standard InChI is InChI=1S/C23H25ClF3N5OS/c1-13-9-31(10-14(2)29-13)21-17-7-16(23(25,26)27)8-19-20(17)32(22(33)30-21)11-15(12-34(19)24)18-5-3-4-6-28-18/h3-8,13-15,29,34H,9-12H2,1-2H3/t13-,14+,15?. The number of thiol groups is 1. The number of piperazine rings is 1. The second kappa shape index (κ2) is 8.73. The van der Waals surface area contributed by atoms with Crippen LogP contribution in [0.4, 0.5) is 19.0 Å². The Balaban J connectivity index is 1.76. The molecular formula is C23H25ClF3N5OS. The summed E-state index contributed by atoms with van der Waals surface area (Å²) in [5.41, 5.74) is -0.0380. The minimum atomic E-state index is -4.55. The first-order valence-electron chi connectivity index (χ1n) is 11.1. The van der Waals surface area contributed by atoms with Gasteiger partial charge in [0.2, 0.25) is 0 Å². The molecule has 1 fully saturated rings. The minimum absolute atomic E-state index is 0.0997. The van der Waals surface area contributed by atoms with Crippen LogP contribution in [0, 0.1) is 0 Å². The Morgan fingerprint density at radius 2 is 1.88 bits per heavy atom. The van der Waals surface area contributed by atoms with Gasteiger partial charge in [0.15, 0.2) is 0 Å². The second-order valence-corrected chi connectivity index (χ2v) is 11.9. The molecule has 4 atom stereocenters. The van der Waals surface area contributed by atoms with Gasteiger partial charge in [-0.2, -0.15) is 18.2 Å². The molecule has 0 spiro atoms. The van der Waals surface area contributed by atoms with Gasteiger partial charge in [0.05, 0.1) is 11.1 Å². The predicted octanol–water partition coefficient (Wildman–Crippen LogP) is 4.31. The van der Waals surface area contributed by atoms with Crippen LogP contribution in [0.3, 0.4) is 0 Å². The van der Waals surface area contributed by atoms with E-state index in [0.717, 1.165) is 17.8 Å². The molecule has 0 radical (unpaired) electrons. The highest BCUT2D eigenvalue weighted by molar-refractivity contribution is 8.36. The lowest BCUT2D eigenvalue weighted by Gasteiger charge is -2.37. The number of aromatic nitrogens is 3. The lowest BCUT2D eigenvalue weighted by atomic mass is 10.1. The summed E-state index contributed by atoms with van der Waals surface area (Å²) in [5, 5.41) is 3.73. The topological polar surface area (TPSA) is 63.1 Å². The Bertz CT molecular complexity index is 1280. The third-order valence-corrected chi connectivity index (χ3v) is 8.95. The lowest BCUT2D eigenvalue weighted by Crippen LogP contribution is -2.55. The molecule has 1 aromatic carbocycles. The smallest absolute Gasteiger partial charge is 0.353 e. The third-order valence-electron chi connectivity index (χ3n) is 6.37. The van der Waals surface area contributed by atoms with Gasteiger partial charge in [0.1, 0.15) is 5.82 Å². The molecule has 0 bridgehead atoms. The molecule has 2 aliphatic heterocycles. The van der Waals surface area contributed by atoms with Crippen LogP contribution in [-0.4, -0.2) is 45.5 Å². The van der Waals surface area contributed by atoms with Crippen molar-refractivity contribution in [2.24, 2.45) is 0 Å². The number of hydrogen-bond donors (Lipinski definition) is 2. The maximum absolute atomic E-state index is 13.9. The average Bonchev–Trinajstić information content (AvgIpc) is 2.93. The fraction of sp³-hybridized carbons (Fsp3) is 0.435. The highest BCUT2D eigenvalue weighted by Crippen LogP contribution is 2.51. The van der Waals surface area contributed by atoms with E-state index < -0.39 is 27.5 Å². The van der Waals surface area contributed by atoms with Gasteiger partial charge < -0.3 is 10.2 Å². The summed E-state index contributed by atoms with van der Waals surface area (Å²) in [4.78, 5) is 24.4. The van der Waals surface area contributed by atoms with E-state index in [9.17, 15) is 18.0 Å². The fourth-order valence-electron chi connectivity index (χ4n) is 5.01. The number of hydrogen-bond acceptors (Lipinski definition) is 5. The van der Waals surface area contributed by atoms with Crippen molar-refractivity contribution in [3.63, 3.8) is 0 Å². The van der Waals surface area contributed by atoms with Crippen LogP contribution in [0.15, 0.2) is 46.2 Å². The van der Waals surface area contributed by atoms with E-state index in [1.807, 2.05) is 30.9 Å². The lowest BCUT2D eigenvalue weighted by molar-refractivity contribution is -0.137. The van der Waals surface area contributed by atoms with Crippen molar-refractivity contribution in [1.82, 2.24) is 19.9 Å². The summed E-state index contributed by atoms with van der Waals surface area (Å²) >= 11 is 0. The van der Waals surface area contributed by atoms with Crippen LogP contribution in [0.2, 0.25) is 0 Å². The quantitative estimate of drug-likeness (QED) is 0.502. The van der Waals surface area contributed by atoms with Crippen molar-refractivity contribution in [3.05, 3.63) is 58.3 Å². The number of nitrogens with one attached hydrogen (secondary N) is 1. The molecule has 34 heavy (non-hydrogen) atoms. The zero-order valence-corrected chi connectivity index (χ0v) is 20.3. The van der Waals surface area contributed by atoms with Crippen molar-refractivity contribution < 1.29 is 13.2 Å². The van der Waals surface area contributed by atoms with Gasteiger partial charge >= 0.3 is 11.9 Å². The fourth-order valence-corrected chi connectivity index (χ4v) is 7.54. The van der Waals surface area contributed by atoms with Crippen LogP contribution in [0.5, 0.6) is 0 Å². The summed E-state index contributed by atoms with van der Waals surface area (Å²) in [7, 11) is 5.34. The summed E-state index contributed by atoms with van der Waals surface area (Å²) in [5.74, 6) is 0.502. The van der Waals surface area contributed by atoms with E-state index >= 15 is 0 Å². The van der Waals surface area contributed by atoms with Crippen LogP contribution < -0.4 is 15.9 Å². The molecule has 11 heteroatoms. The summed E-state index contributed by atoms with van der Waals surface area (Å²) in [6.45, 7) is 5.34. The van der Waals surface area contributed by atoms with E-state index in [-0.39, 0.29) is 24.5 Å². The monoisotopic (exact) mass is 511 g/mol. The molecule has 1 saturated heterocycles. The van der Waals surface area contributed by atoms with Crippen LogP contribution in [0.1, 0.15) is 31.0 Å². The van der Waals surface area contributed by atoms with E-state index in [4.69, 9.17) is 10.7 Å². The molecule has 3 aromatic rings. The highest BCUT2D eigenvalue weighted by atomic mass is 35.7. The van der Waals surface area contributed by atoms with Gasteiger partial charge in [0, 0.05) is 65.6 Å². The van der Waals surface area contributed by atoms with Gasteiger partial charge in [-0.1, -0.05) is 16.7 Å². The molecule has 0 aliphatic carbocycles. The van der Waals surface area contributed by atoms with Crippen molar-refractivity contribution in [2.45, 2.75) is 49.5 Å². The van der Waals surface area contributed by atoms with Crippen LogP contribution in [0.25, 0.3) is 10.9 Å². The summed E-state index contributed by atoms with van der Waals surface area (Å²) < 4.78 is 43.3. The van der Waals surface area contributed by atoms with Crippen molar-refractivity contribution in [3.8, 4) is 0 Å². The average molecular weight is 512 g/mol. The second-order valence-electron chi connectivity index (χ2n) is 9.09. The number of anilines is 1. The number of alkyl halides is 3. The van der Waals surface area contributed by atoms with Gasteiger partial charge in [-0.05, 0) is 38.1 Å². The zero-order chi connectivity index (χ0) is 24.2. The Kier molecular flexibility index (Phi) is 6.02. The minimum Gasteiger partial charge on any atom is -0.353 e. The number of pyridine rings is 1. The van der Waals surface area contributed by atoms with Crippen LogP contribution in [-0.2, 0) is 12.7 Å². The number of halogens is 4. The van der Waals surface area contributed by atoms with E-state index in [0.29, 0.717) is 40.5 Å². The van der Waals surface area contributed by atoms with Crippen molar-refractivity contribution in [1.29, 1.82) is 0 Å². The molecule has 1 N–H and O–H groups in total. The van der Waals surface area contributed by atoms with E-state index in [2.05, 4.69) is 15.3 Å². The molecular weight excluding hydrogens is 487 g/mol. The maximum atomic E-state index is 13.9. The molecule has 2 unspecified atom stereocenters. The Hall–Kier alpha value is -2.30. The molecule has 5 rings (SSSR count). The third kappa shape index (κ3) is 4.27. The molecule has 0 amide bonds. The highest BCUT2D eigenvalue weighted by Gasteiger charge is 2.36. The molecule has 4 heterocycles. The molecule has 6 nitrogen and oxygen atoms in total. The zero-order valence-electron chi connectivity index (χ0n) is 18.7. The first-order chi connectivity index (χ1) is 16.1. The molecule has 2 aliphatic rings. The first kappa shape index (κ1) is 23.4. The first-order valence-corrected chi connectivity index (χ1v) is 13.6. The largest absolute Gasteiger partial charge is 0.416 e. The summed E-state index contributed by atoms with van der Waals surface area (Å²) in [6, 6.07) is 7.94. The molecule has 182 valence electrons. The molecule has 2 aromatic heterocycles. The van der Waals surface area contributed by atoms with E-state index in [1.165, 1.54) is 4.57 Å². The number of nitrogens with zero attached hydrogens (tertiary/aromatic N) is 4. The molecule has 0 saturated carbocycles. The van der Waals surface area contributed by atoms with Crippen LogP contribution >= 0.6 is 20.8 Å². The van der Waals surface area contributed by atoms with E-state index in [1.54, 1.807) is 12.3 Å². The number of rotatable bonds is 2. The van der Waals surface area contributed by atoms with Gasteiger partial charge in [-0.25, -0.2) is 4.79 Å². The number of benzene rings is 1. The van der Waals surface area contributed by atoms with Crippen molar-refractivity contribution in [2.75, 3.05) is 23.7 Å². The normalized spacial score (nSPS) is 26.5. The van der Waals surface area contributed by atoms with Gasteiger partial charge in [-0.3, -0.25) is 9.55 Å². The Morgan fingerprint density at radius 1 is 1.15 bits per heavy atom. The SMILES string of the molecule is C[C@@H]1CN(c2nc(=O)n3c4c(cc(C(F)(F)F)cc24)[SH](Cl)CC(c2ccccn2)C3)C[C@H](C)N1. The van der Waals surface area contributed by atoms with Gasteiger partial charge in [0.25, 0.3) is 0 Å². The predicted molar refractivity (Wildman–Crippen MR) is 130 cm³/mol. The Labute approximate surface area is 202 Å².